The first-order chi connectivity index (χ1) is 13.3. The lowest BCUT2D eigenvalue weighted by atomic mass is 10.1. The van der Waals surface area contributed by atoms with Gasteiger partial charge >= 0.3 is 6.29 Å². The fourth-order valence-corrected chi connectivity index (χ4v) is 2.61. The van der Waals surface area contributed by atoms with Crippen LogP contribution in [-0.2, 0) is 4.79 Å². The van der Waals surface area contributed by atoms with Crippen LogP contribution in [0.25, 0.3) is 6.08 Å². The molecule has 4 rings (SSSR count). The van der Waals surface area contributed by atoms with Crippen LogP contribution in [0.4, 0.5) is 20.2 Å². The van der Waals surface area contributed by atoms with E-state index in [2.05, 4.69) is 14.8 Å². The number of rotatable bonds is 4. The Hall–Kier alpha value is -3.89. The van der Waals surface area contributed by atoms with E-state index in [0.29, 0.717) is 5.75 Å². The molecular formula is C17H10F2N2O7. The van der Waals surface area contributed by atoms with Crippen molar-refractivity contribution in [3.8, 4) is 23.0 Å². The molecule has 0 fully saturated rings. The summed E-state index contributed by atoms with van der Waals surface area (Å²) in [5.41, 5.74) is 0.0447. The molecule has 2 aliphatic rings. The number of carbonyl (C=O) groups is 1. The van der Waals surface area contributed by atoms with Crippen molar-refractivity contribution in [2.45, 2.75) is 6.29 Å². The van der Waals surface area contributed by atoms with Crippen molar-refractivity contribution in [1.82, 2.24) is 0 Å². The first-order valence-electron chi connectivity index (χ1n) is 7.78. The van der Waals surface area contributed by atoms with Crippen molar-refractivity contribution in [2.75, 3.05) is 12.1 Å². The van der Waals surface area contributed by atoms with E-state index in [1.165, 1.54) is 36.4 Å². The molecular weight excluding hydrogens is 382 g/mol. The molecule has 0 aliphatic carbocycles. The molecule has 0 bridgehead atoms. The lowest BCUT2D eigenvalue weighted by molar-refractivity contribution is -0.385. The van der Waals surface area contributed by atoms with Crippen molar-refractivity contribution in [3.63, 3.8) is 0 Å². The van der Waals surface area contributed by atoms with E-state index in [1.807, 2.05) is 0 Å². The van der Waals surface area contributed by atoms with Gasteiger partial charge in [0.15, 0.2) is 23.0 Å². The van der Waals surface area contributed by atoms with E-state index < -0.39 is 17.1 Å². The number of nitrogens with zero attached hydrogens (tertiary/aromatic N) is 1. The monoisotopic (exact) mass is 392 g/mol. The minimum Gasteiger partial charge on any atom is -0.454 e. The van der Waals surface area contributed by atoms with Crippen molar-refractivity contribution >= 4 is 23.4 Å². The minimum absolute atomic E-state index is 0.0523. The SMILES string of the molecule is O=C(/C=C/c1cc2c(cc1[N+](=O)[O-])OCO2)Nc1ccc2c(c1)OC(F)(F)O2. The van der Waals surface area contributed by atoms with Crippen LogP contribution in [0, 0.1) is 10.1 Å². The van der Waals surface area contributed by atoms with Crippen molar-refractivity contribution in [3.05, 3.63) is 52.1 Å². The molecule has 2 aromatic rings. The van der Waals surface area contributed by atoms with Gasteiger partial charge in [0.05, 0.1) is 16.6 Å². The van der Waals surface area contributed by atoms with Crippen molar-refractivity contribution in [1.29, 1.82) is 0 Å². The number of halogens is 2. The fraction of sp³-hybridized carbons (Fsp3) is 0.118. The number of alkyl halides is 2. The van der Waals surface area contributed by atoms with Crippen LogP contribution in [0.3, 0.4) is 0 Å². The number of nitro groups is 1. The van der Waals surface area contributed by atoms with Crippen LogP contribution in [0.5, 0.6) is 23.0 Å². The third-order valence-corrected chi connectivity index (χ3v) is 3.80. The van der Waals surface area contributed by atoms with Gasteiger partial charge in [0, 0.05) is 17.8 Å². The highest BCUT2D eigenvalue weighted by atomic mass is 19.3. The number of nitrogens with one attached hydrogen (secondary N) is 1. The van der Waals surface area contributed by atoms with Crippen LogP contribution in [0.1, 0.15) is 5.56 Å². The second-order valence-electron chi connectivity index (χ2n) is 5.67. The Kier molecular flexibility index (Phi) is 3.99. The van der Waals surface area contributed by atoms with E-state index >= 15 is 0 Å². The van der Waals surface area contributed by atoms with Gasteiger partial charge in [-0.05, 0) is 24.3 Å². The van der Waals surface area contributed by atoms with Gasteiger partial charge < -0.3 is 24.3 Å². The first kappa shape index (κ1) is 17.5. The molecule has 2 heterocycles. The number of ether oxygens (including phenoxy) is 4. The zero-order valence-corrected chi connectivity index (χ0v) is 13.8. The Balaban J connectivity index is 1.51. The average molecular weight is 392 g/mol. The maximum atomic E-state index is 13.0. The van der Waals surface area contributed by atoms with Gasteiger partial charge in [0.2, 0.25) is 12.7 Å². The number of fused-ring (bicyclic) bond motifs is 2. The number of hydrogen-bond acceptors (Lipinski definition) is 7. The van der Waals surface area contributed by atoms with Gasteiger partial charge in [0.25, 0.3) is 5.69 Å². The van der Waals surface area contributed by atoms with Gasteiger partial charge in [-0.15, -0.1) is 8.78 Å². The largest absolute Gasteiger partial charge is 0.586 e. The summed E-state index contributed by atoms with van der Waals surface area (Å²) in [4.78, 5) is 22.7. The Morgan fingerprint density at radius 2 is 1.82 bits per heavy atom. The molecule has 1 N–H and O–H groups in total. The van der Waals surface area contributed by atoms with Crippen LogP contribution in [-0.4, -0.2) is 23.9 Å². The molecule has 0 saturated carbocycles. The molecule has 0 saturated heterocycles. The number of nitro benzene ring substituents is 1. The predicted octanol–water partition coefficient (Wildman–Crippen LogP) is 3.30. The molecule has 11 heteroatoms. The molecule has 28 heavy (non-hydrogen) atoms. The Morgan fingerprint density at radius 1 is 1.11 bits per heavy atom. The highest BCUT2D eigenvalue weighted by Crippen LogP contribution is 2.42. The van der Waals surface area contributed by atoms with E-state index in [-0.39, 0.29) is 41.0 Å². The van der Waals surface area contributed by atoms with Crippen LogP contribution in [0.2, 0.25) is 0 Å². The zero-order chi connectivity index (χ0) is 19.9. The summed E-state index contributed by atoms with van der Waals surface area (Å²) in [6, 6.07) is 6.33. The van der Waals surface area contributed by atoms with E-state index in [0.717, 1.165) is 6.08 Å². The number of anilines is 1. The molecule has 144 valence electrons. The zero-order valence-electron chi connectivity index (χ0n) is 13.8. The molecule has 0 radical (unpaired) electrons. The first-order valence-corrected chi connectivity index (χ1v) is 7.78. The summed E-state index contributed by atoms with van der Waals surface area (Å²) in [5, 5.41) is 13.6. The molecule has 9 nitrogen and oxygen atoms in total. The highest BCUT2D eigenvalue weighted by Gasteiger charge is 2.43. The summed E-state index contributed by atoms with van der Waals surface area (Å²) in [5.74, 6) is -0.460. The third kappa shape index (κ3) is 3.37. The second kappa shape index (κ2) is 6.37. The van der Waals surface area contributed by atoms with Gasteiger partial charge in [-0.2, -0.15) is 0 Å². The molecule has 0 spiro atoms. The van der Waals surface area contributed by atoms with E-state index in [1.54, 1.807) is 0 Å². The van der Waals surface area contributed by atoms with E-state index in [4.69, 9.17) is 9.47 Å². The Labute approximate surface area is 155 Å². The molecule has 1 amide bonds. The summed E-state index contributed by atoms with van der Waals surface area (Å²) in [7, 11) is 0. The minimum atomic E-state index is -3.76. The smallest absolute Gasteiger partial charge is 0.454 e. The molecule has 0 aromatic heterocycles. The summed E-state index contributed by atoms with van der Waals surface area (Å²) in [6.07, 6.45) is -1.47. The fourth-order valence-electron chi connectivity index (χ4n) is 2.61. The number of hydrogen-bond donors (Lipinski definition) is 1. The van der Waals surface area contributed by atoms with Gasteiger partial charge in [0.1, 0.15) is 0 Å². The van der Waals surface area contributed by atoms with Gasteiger partial charge in [-0.1, -0.05) is 0 Å². The standard InChI is InChI=1S/C17H10F2N2O7/c18-17(19)27-12-3-2-10(6-15(12)28-17)20-16(22)4-1-9-5-13-14(26-8-25-13)7-11(9)21(23)24/h1-7H,8H2,(H,20,22)/b4-1+. The summed E-state index contributed by atoms with van der Waals surface area (Å²) < 4.78 is 44.9. The number of amides is 1. The average Bonchev–Trinajstić information content (AvgIpc) is 3.20. The normalized spacial score (nSPS) is 15.6. The third-order valence-electron chi connectivity index (χ3n) is 3.80. The number of benzene rings is 2. The summed E-state index contributed by atoms with van der Waals surface area (Å²) in [6.45, 7) is -0.0523. The lowest BCUT2D eigenvalue weighted by Crippen LogP contribution is -2.25. The lowest BCUT2D eigenvalue weighted by Gasteiger charge is -2.04. The Morgan fingerprint density at radius 3 is 2.57 bits per heavy atom. The number of carbonyl (C=O) groups excluding carboxylic acids is 1. The quantitative estimate of drug-likeness (QED) is 0.483. The molecule has 0 unspecified atom stereocenters. The summed E-state index contributed by atoms with van der Waals surface area (Å²) >= 11 is 0. The second-order valence-corrected chi connectivity index (χ2v) is 5.67. The molecule has 2 aromatic carbocycles. The Bertz CT molecular complexity index is 1020. The van der Waals surface area contributed by atoms with Gasteiger partial charge in [-0.25, -0.2) is 0 Å². The maximum Gasteiger partial charge on any atom is 0.586 e. The van der Waals surface area contributed by atoms with Crippen LogP contribution in [0.15, 0.2) is 36.4 Å². The van der Waals surface area contributed by atoms with Crippen molar-refractivity contribution in [2.24, 2.45) is 0 Å². The van der Waals surface area contributed by atoms with Crippen LogP contribution >= 0.6 is 0 Å². The van der Waals surface area contributed by atoms with Gasteiger partial charge in [-0.3, -0.25) is 14.9 Å². The molecule has 2 aliphatic heterocycles. The van der Waals surface area contributed by atoms with Crippen molar-refractivity contribution < 1.29 is 37.4 Å². The maximum absolute atomic E-state index is 13.0. The molecule has 0 atom stereocenters. The van der Waals surface area contributed by atoms with E-state index in [9.17, 15) is 23.7 Å². The topological polar surface area (TPSA) is 109 Å². The van der Waals surface area contributed by atoms with Crippen LogP contribution < -0.4 is 24.3 Å². The highest BCUT2D eigenvalue weighted by molar-refractivity contribution is 6.02. The predicted molar refractivity (Wildman–Crippen MR) is 89.5 cm³/mol.